The van der Waals surface area contributed by atoms with Crippen molar-refractivity contribution in [1.82, 2.24) is 4.98 Å². The van der Waals surface area contributed by atoms with Gasteiger partial charge in [-0.05, 0) is 18.1 Å². The molecule has 24 heavy (non-hydrogen) atoms. The molecule has 0 fully saturated rings. The maximum Gasteiger partial charge on any atom is 0.168 e. The number of quaternary nitrogens is 1. The molecule has 1 aromatic heterocycles. The zero-order chi connectivity index (χ0) is 15.9. The molecule has 0 bridgehead atoms. The van der Waals surface area contributed by atoms with Crippen LogP contribution in [-0.2, 0) is 6.42 Å². The Morgan fingerprint density at radius 3 is 2.54 bits per heavy atom. The zero-order valence-electron chi connectivity index (χ0n) is 13.7. The number of Topliss-reactive ketones (excluding diaryl/α,β-unsaturated/α-hetero) is 1. The first-order chi connectivity index (χ1) is 11.3. The summed E-state index contributed by atoms with van der Waals surface area (Å²) in [4.78, 5) is 15.3. The molecular formula is C20H23ClN2O. The summed E-state index contributed by atoms with van der Waals surface area (Å²) in [6.45, 7) is 1.92. The largest absolute Gasteiger partial charge is 1.00 e. The van der Waals surface area contributed by atoms with E-state index in [1.165, 1.54) is 16.5 Å². The summed E-state index contributed by atoms with van der Waals surface area (Å²) < 4.78 is 0. The van der Waals surface area contributed by atoms with Gasteiger partial charge in [0.1, 0.15) is 0 Å². The van der Waals surface area contributed by atoms with Gasteiger partial charge in [-0.2, -0.15) is 0 Å². The van der Waals surface area contributed by atoms with E-state index in [1.54, 1.807) is 0 Å². The van der Waals surface area contributed by atoms with Gasteiger partial charge in [-0.1, -0.05) is 48.5 Å². The van der Waals surface area contributed by atoms with Crippen LogP contribution >= 0.6 is 0 Å². The lowest BCUT2D eigenvalue weighted by Gasteiger charge is -2.02. The number of hydrogen-bond acceptors (Lipinski definition) is 1. The third-order valence-corrected chi connectivity index (χ3v) is 4.20. The summed E-state index contributed by atoms with van der Waals surface area (Å²) in [5.41, 5.74) is 3.41. The van der Waals surface area contributed by atoms with E-state index in [0.717, 1.165) is 31.5 Å². The van der Waals surface area contributed by atoms with Crippen LogP contribution in [0.1, 0.15) is 28.8 Å². The van der Waals surface area contributed by atoms with Crippen molar-refractivity contribution in [3.05, 3.63) is 71.9 Å². The molecule has 0 spiro atoms. The molecule has 3 rings (SSSR count). The number of nitrogens with two attached hydrogens (primary N) is 1. The van der Waals surface area contributed by atoms with Gasteiger partial charge in [0, 0.05) is 29.1 Å². The lowest BCUT2D eigenvalue weighted by Crippen LogP contribution is -3.00. The molecule has 0 unspecified atom stereocenters. The van der Waals surface area contributed by atoms with Crippen molar-refractivity contribution < 1.29 is 22.5 Å². The highest BCUT2D eigenvalue weighted by molar-refractivity contribution is 5.96. The Bertz CT molecular complexity index is 767. The number of aromatic amines is 1. The molecule has 4 heteroatoms. The number of ketones is 1. The topological polar surface area (TPSA) is 49.5 Å². The number of halogens is 1. The lowest BCUT2D eigenvalue weighted by atomic mass is 10.1. The number of fused-ring (bicyclic) bond motifs is 1. The van der Waals surface area contributed by atoms with Gasteiger partial charge in [-0.3, -0.25) is 4.79 Å². The molecular weight excluding hydrogens is 320 g/mol. The molecule has 3 aromatic rings. The predicted octanol–water partition coefficient (Wildman–Crippen LogP) is -0.0591. The first kappa shape index (κ1) is 18.2. The second-order valence-electron chi connectivity index (χ2n) is 5.87. The molecule has 0 amide bonds. The van der Waals surface area contributed by atoms with E-state index in [0.29, 0.717) is 6.42 Å². The van der Waals surface area contributed by atoms with Gasteiger partial charge in [-0.15, -0.1) is 0 Å². The minimum atomic E-state index is 0. The van der Waals surface area contributed by atoms with E-state index in [1.807, 2.05) is 30.3 Å². The summed E-state index contributed by atoms with van der Waals surface area (Å²) in [5, 5.41) is 3.57. The van der Waals surface area contributed by atoms with Crippen LogP contribution in [0, 0.1) is 0 Å². The van der Waals surface area contributed by atoms with Gasteiger partial charge >= 0.3 is 0 Å². The molecule has 0 saturated heterocycles. The molecule has 3 N–H and O–H groups in total. The number of nitrogens with one attached hydrogen (secondary N) is 1. The smallest absolute Gasteiger partial charge is 0.168 e. The molecule has 0 aliphatic heterocycles. The van der Waals surface area contributed by atoms with Crippen LogP contribution in [0.15, 0.2) is 60.8 Å². The third-order valence-electron chi connectivity index (χ3n) is 4.20. The van der Waals surface area contributed by atoms with Gasteiger partial charge in [0.25, 0.3) is 0 Å². The van der Waals surface area contributed by atoms with Crippen LogP contribution in [0.4, 0.5) is 0 Å². The number of aromatic nitrogens is 1. The van der Waals surface area contributed by atoms with Crippen molar-refractivity contribution in [2.24, 2.45) is 0 Å². The van der Waals surface area contributed by atoms with E-state index in [-0.39, 0.29) is 18.2 Å². The summed E-state index contributed by atoms with van der Waals surface area (Å²) in [5.74, 6) is 0.235. The minimum absolute atomic E-state index is 0. The maximum absolute atomic E-state index is 12.0. The Morgan fingerprint density at radius 2 is 1.71 bits per heavy atom. The van der Waals surface area contributed by atoms with Crippen LogP contribution in [0.5, 0.6) is 0 Å². The molecule has 3 nitrogen and oxygen atoms in total. The molecule has 0 aliphatic carbocycles. The van der Waals surface area contributed by atoms with E-state index in [9.17, 15) is 4.79 Å². The fourth-order valence-electron chi connectivity index (χ4n) is 2.92. The normalized spacial score (nSPS) is 10.5. The van der Waals surface area contributed by atoms with Crippen LogP contribution < -0.4 is 17.7 Å². The number of hydrogen-bond donors (Lipinski definition) is 2. The first-order valence-electron chi connectivity index (χ1n) is 8.29. The Balaban J connectivity index is 0.00000208. The Morgan fingerprint density at radius 1 is 0.958 bits per heavy atom. The summed E-state index contributed by atoms with van der Waals surface area (Å²) in [7, 11) is 0. The minimum Gasteiger partial charge on any atom is -1.00 e. The second-order valence-corrected chi connectivity index (χ2v) is 5.87. The number of rotatable bonds is 8. The number of carbonyl (C=O) groups is 1. The molecule has 0 saturated carbocycles. The van der Waals surface area contributed by atoms with Gasteiger partial charge in [-0.25, -0.2) is 0 Å². The lowest BCUT2D eigenvalue weighted by molar-refractivity contribution is -0.653. The number of H-pyrrole nitrogens is 1. The fraction of sp³-hybridized carbons (Fsp3) is 0.250. The Hall–Kier alpha value is -2.10. The van der Waals surface area contributed by atoms with Crippen LogP contribution in [0.2, 0.25) is 0 Å². The molecule has 126 valence electrons. The number of carbonyl (C=O) groups excluding carboxylic acids is 1. The van der Waals surface area contributed by atoms with Crippen LogP contribution in [0.3, 0.4) is 0 Å². The highest BCUT2D eigenvalue weighted by Gasteiger charge is 2.06. The number of benzene rings is 2. The summed E-state index contributed by atoms with van der Waals surface area (Å²) >= 11 is 0. The van der Waals surface area contributed by atoms with Crippen molar-refractivity contribution in [2.75, 3.05) is 13.1 Å². The van der Waals surface area contributed by atoms with Crippen LogP contribution in [-0.4, -0.2) is 23.9 Å². The maximum atomic E-state index is 12.0. The van der Waals surface area contributed by atoms with E-state index >= 15 is 0 Å². The fourth-order valence-corrected chi connectivity index (χ4v) is 2.92. The monoisotopic (exact) mass is 342 g/mol. The van der Waals surface area contributed by atoms with Crippen molar-refractivity contribution >= 4 is 16.7 Å². The van der Waals surface area contributed by atoms with E-state index in [4.69, 9.17) is 0 Å². The van der Waals surface area contributed by atoms with Gasteiger partial charge in [0.2, 0.25) is 0 Å². The Kier molecular flexibility index (Phi) is 7.04. The average Bonchev–Trinajstić information content (AvgIpc) is 3.02. The third kappa shape index (κ3) is 4.70. The highest BCUT2D eigenvalue weighted by Crippen LogP contribution is 2.18. The standard InChI is InChI=1S/C20H22N2O.ClH/c23-20(16-7-2-1-3-8-16)12-14-21-13-6-9-17-15-22-19-11-5-4-10-18(17)19;/h1-5,7-8,10-11,15,21-22H,6,9,12-14H2;1H. The van der Waals surface area contributed by atoms with Crippen molar-refractivity contribution in [2.45, 2.75) is 19.3 Å². The zero-order valence-corrected chi connectivity index (χ0v) is 14.4. The summed E-state index contributed by atoms with van der Waals surface area (Å²) in [6, 6.07) is 18.0. The molecule has 0 atom stereocenters. The number of para-hydroxylation sites is 1. The average molecular weight is 343 g/mol. The quantitative estimate of drug-likeness (QED) is 0.437. The first-order valence-corrected chi connectivity index (χ1v) is 8.29. The predicted molar refractivity (Wildman–Crippen MR) is 93.7 cm³/mol. The van der Waals surface area contributed by atoms with E-state index < -0.39 is 0 Å². The SMILES string of the molecule is O=C(CC[NH2+]CCCc1c[nH]c2ccccc12)c1ccccc1.[Cl-]. The van der Waals surface area contributed by atoms with Crippen molar-refractivity contribution in [1.29, 1.82) is 0 Å². The van der Waals surface area contributed by atoms with Crippen molar-refractivity contribution in [3.8, 4) is 0 Å². The summed E-state index contributed by atoms with van der Waals surface area (Å²) in [6.07, 6.45) is 4.93. The van der Waals surface area contributed by atoms with Crippen molar-refractivity contribution in [3.63, 3.8) is 0 Å². The van der Waals surface area contributed by atoms with Crippen LogP contribution in [0.25, 0.3) is 10.9 Å². The molecule has 0 radical (unpaired) electrons. The Labute approximate surface area is 148 Å². The molecule has 0 aliphatic rings. The highest BCUT2D eigenvalue weighted by atomic mass is 35.5. The van der Waals surface area contributed by atoms with Gasteiger partial charge < -0.3 is 22.7 Å². The molecule has 1 heterocycles. The van der Waals surface area contributed by atoms with Gasteiger partial charge in [0.15, 0.2) is 5.78 Å². The van der Waals surface area contributed by atoms with E-state index in [2.05, 4.69) is 40.8 Å². The molecule has 2 aromatic carbocycles. The number of aryl methyl sites for hydroxylation is 1. The van der Waals surface area contributed by atoms with Gasteiger partial charge in [0.05, 0.1) is 19.5 Å². The second kappa shape index (κ2) is 9.26.